The Balaban J connectivity index is 2.21. The molecular formula is C12H12OS. The van der Waals surface area contributed by atoms with Crippen LogP contribution in [0, 0.1) is 29.6 Å². The summed E-state index contributed by atoms with van der Waals surface area (Å²) in [6, 6.07) is 0. The van der Waals surface area contributed by atoms with Gasteiger partial charge in [0.25, 0.3) is 0 Å². The van der Waals surface area contributed by atoms with E-state index in [1.165, 1.54) is 0 Å². The highest BCUT2D eigenvalue weighted by atomic mass is 32.2. The van der Waals surface area contributed by atoms with Crippen LogP contribution in [0.3, 0.4) is 0 Å². The summed E-state index contributed by atoms with van der Waals surface area (Å²) >= 11 is 1.70. The van der Waals surface area contributed by atoms with Crippen molar-refractivity contribution >= 4 is 11.8 Å². The van der Waals surface area contributed by atoms with E-state index < -0.39 is 6.10 Å². The first-order valence-electron chi connectivity index (χ1n) is 4.81. The fourth-order valence-electron chi connectivity index (χ4n) is 1.74. The van der Waals surface area contributed by atoms with E-state index in [1.807, 2.05) is 0 Å². The lowest BCUT2D eigenvalue weighted by Gasteiger charge is -2.13. The second-order valence-corrected chi connectivity index (χ2v) is 4.39. The third-order valence-corrected chi connectivity index (χ3v) is 3.15. The number of aliphatic hydroxyl groups excluding tert-OH is 1. The topological polar surface area (TPSA) is 20.2 Å². The first-order valence-corrected chi connectivity index (χ1v) is 5.96. The molecule has 72 valence electrons. The van der Waals surface area contributed by atoms with Gasteiger partial charge in [-0.05, 0) is 12.8 Å². The lowest BCUT2D eigenvalue weighted by atomic mass is 9.95. The first-order chi connectivity index (χ1) is 6.88. The van der Waals surface area contributed by atoms with E-state index in [2.05, 4.69) is 29.8 Å². The summed E-state index contributed by atoms with van der Waals surface area (Å²) in [6.07, 6.45) is 3.64. The Kier molecular flexibility index (Phi) is 3.19. The van der Waals surface area contributed by atoms with E-state index in [4.69, 9.17) is 0 Å². The number of aliphatic hydroxyl groups is 1. The molecule has 0 bridgehead atoms. The molecule has 0 spiro atoms. The molecule has 0 amide bonds. The zero-order chi connectivity index (χ0) is 9.80. The molecule has 2 heteroatoms. The highest BCUT2D eigenvalue weighted by Gasteiger charge is 2.24. The lowest BCUT2D eigenvalue weighted by molar-refractivity contribution is 0.182. The normalized spacial score (nSPS) is 30.2. The minimum absolute atomic E-state index is 0.165. The highest BCUT2D eigenvalue weighted by Crippen LogP contribution is 2.28. The number of thioether (sulfide) groups is 1. The summed E-state index contributed by atoms with van der Waals surface area (Å²) < 4.78 is 0. The van der Waals surface area contributed by atoms with Crippen LogP contribution < -0.4 is 0 Å². The highest BCUT2D eigenvalue weighted by molar-refractivity contribution is 7.99. The van der Waals surface area contributed by atoms with E-state index in [1.54, 1.807) is 11.8 Å². The van der Waals surface area contributed by atoms with E-state index >= 15 is 0 Å². The minimum Gasteiger partial charge on any atom is -0.380 e. The van der Waals surface area contributed by atoms with Crippen LogP contribution in [0.2, 0.25) is 0 Å². The van der Waals surface area contributed by atoms with Crippen LogP contribution in [0.25, 0.3) is 0 Å². The van der Waals surface area contributed by atoms with Crippen LogP contribution >= 0.6 is 11.8 Å². The first kappa shape index (κ1) is 9.71. The van der Waals surface area contributed by atoms with Crippen LogP contribution in [0.1, 0.15) is 12.8 Å². The van der Waals surface area contributed by atoms with E-state index in [-0.39, 0.29) is 5.92 Å². The molecule has 2 aliphatic rings. The van der Waals surface area contributed by atoms with Gasteiger partial charge in [-0.2, -0.15) is 0 Å². The molecule has 0 fully saturated rings. The van der Waals surface area contributed by atoms with Crippen molar-refractivity contribution in [2.75, 3.05) is 11.5 Å². The van der Waals surface area contributed by atoms with Crippen molar-refractivity contribution in [1.29, 1.82) is 0 Å². The van der Waals surface area contributed by atoms with E-state index in [0.717, 1.165) is 29.9 Å². The van der Waals surface area contributed by atoms with Gasteiger partial charge in [0.2, 0.25) is 0 Å². The Morgan fingerprint density at radius 2 is 2.21 bits per heavy atom. The third kappa shape index (κ3) is 2.15. The van der Waals surface area contributed by atoms with Gasteiger partial charge in [0, 0.05) is 11.5 Å². The molecule has 2 atom stereocenters. The Morgan fingerprint density at radius 3 is 3.14 bits per heavy atom. The van der Waals surface area contributed by atoms with Gasteiger partial charge in [-0.15, -0.1) is 11.8 Å². The molecule has 0 aromatic rings. The maximum Gasteiger partial charge on any atom is 0.122 e. The molecule has 0 aromatic carbocycles. The van der Waals surface area contributed by atoms with Gasteiger partial charge < -0.3 is 5.11 Å². The zero-order valence-electron chi connectivity index (χ0n) is 7.92. The molecule has 0 saturated carbocycles. The average Bonchev–Trinajstić information content (AvgIpc) is 2.64. The second kappa shape index (κ2) is 4.60. The van der Waals surface area contributed by atoms with Gasteiger partial charge in [-0.1, -0.05) is 29.8 Å². The molecule has 2 rings (SSSR count). The maximum absolute atomic E-state index is 9.81. The zero-order valence-corrected chi connectivity index (χ0v) is 8.73. The summed E-state index contributed by atoms with van der Waals surface area (Å²) in [7, 11) is 0. The molecule has 1 unspecified atom stereocenters. The van der Waals surface area contributed by atoms with Gasteiger partial charge in [0.05, 0.1) is 11.5 Å². The average molecular weight is 204 g/mol. The number of hydrogen-bond donors (Lipinski definition) is 1. The quantitative estimate of drug-likeness (QED) is 0.602. The molecule has 1 N–H and O–H groups in total. The lowest BCUT2D eigenvalue weighted by Crippen LogP contribution is -2.18. The maximum atomic E-state index is 9.81. The number of fused-ring (bicyclic) bond motifs is 1. The fraction of sp³-hybridized carbons (Fsp3) is 0.500. The van der Waals surface area contributed by atoms with E-state index in [0.29, 0.717) is 0 Å². The predicted molar refractivity (Wildman–Crippen MR) is 59.7 cm³/mol. The standard InChI is InChI=1S/C12H12OS/c13-12-7-3-9-14-8-2-5-10-4-1-6-11(10)12/h4,11-13H,1,6,8-9H2/t11-,12?/m0/s1. The Labute approximate surface area is 89.0 Å². The van der Waals surface area contributed by atoms with Gasteiger partial charge >= 0.3 is 0 Å². The van der Waals surface area contributed by atoms with Crippen LogP contribution in [0.4, 0.5) is 0 Å². The molecule has 0 radical (unpaired) electrons. The molecule has 0 saturated heterocycles. The molecule has 1 nitrogen and oxygen atoms in total. The van der Waals surface area contributed by atoms with Gasteiger partial charge in [0.1, 0.15) is 6.10 Å². The number of allylic oxidation sites excluding steroid dienone is 1. The summed E-state index contributed by atoms with van der Waals surface area (Å²) in [5.74, 6) is 13.9. The molecule has 14 heavy (non-hydrogen) atoms. The number of rotatable bonds is 0. The predicted octanol–water partition coefficient (Wildman–Crippen LogP) is 1.44. The van der Waals surface area contributed by atoms with Crippen molar-refractivity contribution in [3.05, 3.63) is 11.6 Å². The minimum atomic E-state index is -0.517. The Bertz CT molecular complexity index is 361. The molecular weight excluding hydrogens is 192 g/mol. The van der Waals surface area contributed by atoms with E-state index in [9.17, 15) is 5.11 Å². The summed E-state index contributed by atoms with van der Waals surface area (Å²) in [5, 5.41) is 9.81. The Hall–Kier alpha value is -0.830. The summed E-state index contributed by atoms with van der Waals surface area (Å²) in [4.78, 5) is 0. The number of hydrogen-bond acceptors (Lipinski definition) is 2. The van der Waals surface area contributed by atoms with Crippen molar-refractivity contribution in [2.24, 2.45) is 5.92 Å². The molecule has 1 aliphatic heterocycles. The van der Waals surface area contributed by atoms with Crippen molar-refractivity contribution in [2.45, 2.75) is 18.9 Å². The second-order valence-electron chi connectivity index (χ2n) is 3.40. The molecule has 1 aliphatic carbocycles. The third-order valence-electron chi connectivity index (χ3n) is 2.45. The summed E-state index contributed by atoms with van der Waals surface area (Å²) in [6.45, 7) is 0. The van der Waals surface area contributed by atoms with Gasteiger partial charge in [0.15, 0.2) is 0 Å². The summed E-state index contributed by atoms with van der Waals surface area (Å²) in [5.41, 5.74) is 1.09. The van der Waals surface area contributed by atoms with Crippen molar-refractivity contribution < 1.29 is 5.11 Å². The van der Waals surface area contributed by atoms with Crippen molar-refractivity contribution in [3.8, 4) is 23.7 Å². The van der Waals surface area contributed by atoms with Crippen molar-refractivity contribution in [3.63, 3.8) is 0 Å². The van der Waals surface area contributed by atoms with Gasteiger partial charge in [-0.25, -0.2) is 0 Å². The molecule has 1 heterocycles. The van der Waals surface area contributed by atoms with Crippen LogP contribution in [0.5, 0.6) is 0 Å². The van der Waals surface area contributed by atoms with Gasteiger partial charge in [-0.3, -0.25) is 0 Å². The Morgan fingerprint density at radius 1 is 1.36 bits per heavy atom. The smallest absolute Gasteiger partial charge is 0.122 e. The largest absolute Gasteiger partial charge is 0.380 e. The fourth-order valence-corrected chi connectivity index (χ4v) is 2.20. The molecule has 0 aromatic heterocycles. The van der Waals surface area contributed by atoms with Crippen LogP contribution in [-0.2, 0) is 0 Å². The van der Waals surface area contributed by atoms with Crippen molar-refractivity contribution in [1.82, 2.24) is 0 Å². The monoisotopic (exact) mass is 204 g/mol. The van der Waals surface area contributed by atoms with Crippen LogP contribution in [-0.4, -0.2) is 22.7 Å². The SMILES string of the molecule is OC1C#CCSCC#CC2=CCC[C@@H]21. The van der Waals surface area contributed by atoms with Crippen LogP contribution in [0.15, 0.2) is 11.6 Å².